The van der Waals surface area contributed by atoms with E-state index >= 15 is 0 Å². The molecule has 0 bridgehead atoms. The zero-order valence-electron chi connectivity index (χ0n) is 9.31. The summed E-state index contributed by atoms with van der Waals surface area (Å²) in [5.41, 5.74) is 3.33. The van der Waals surface area contributed by atoms with E-state index in [1.165, 1.54) is 0 Å². The molecule has 0 aliphatic rings. The van der Waals surface area contributed by atoms with E-state index in [2.05, 4.69) is 16.4 Å². The van der Waals surface area contributed by atoms with Crippen molar-refractivity contribution >= 4 is 0 Å². The quantitative estimate of drug-likeness (QED) is 0.766. The highest BCUT2D eigenvalue weighted by atomic mass is 15.4. The molecule has 4 nitrogen and oxygen atoms in total. The topological polar surface area (TPSA) is 54.5 Å². The zero-order valence-corrected chi connectivity index (χ0v) is 9.31. The fourth-order valence-corrected chi connectivity index (χ4v) is 1.69. The first-order valence-corrected chi connectivity index (χ1v) is 5.17. The van der Waals surface area contributed by atoms with Gasteiger partial charge in [0.2, 0.25) is 0 Å². The van der Waals surface area contributed by atoms with Crippen LogP contribution in [0.2, 0.25) is 0 Å². The summed E-state index contributed by atoms with van der Waals surface area (Å²) in [5, 5.41) is 16.8. The molecule has 2 rings (SSSR count). The lowest BCUT2D eigenvalue weighted by atomic mass is 10.1. The summed E-state index contributed by atoms with van der Waals surface area (Å²) < 4.78 is 1.74. The van der Waals surface area contributed by atoms with Crippen LogP contribution in [0.25, 0.3) is 11.3 Å². The van der Waals surface area contributed by atoms with Crippen molar-refractivity contribution in [3.8, 4) is 17.3 Å². The zero-order chi connectivity index (χ0) is 11.5. The Morgan fingerprint density at radius 3 is 2.88 bits per heavy atom. The van der Waals surface area contributed by atoms with Gasteiger partial charge in [-0.3, -0.25) is 0 Å². The molecule has 16 heavy (non-hydrogen) atoms. The van der Waals surface area contributed by atoms with Gasteiger partial charge in [0.1, 0.15) is 11.8 Å². The minimum Gasteiger partial charge on any atom is -0.244 e. The predicted molar refractivity (Wildman–Crippen MR) is 60.6 cm³/mol. The number of aryl methyl sites for hydroxylation is 2. The largest absolute Gasteiger partial charge is 0.244 e. The lowest BCUT2D eigenvalue weighted by Crippen LogP contribution is -1.99. The molecule has 0 N–H and O–H groups in total. The van der Waals surface area contributed by atoms with Gasteiger partial charge in [-0.15, -0.1) is 5.10 Å². The SMILES string of the molecule is CCn1nnc(C#N)c1-c1cccc(C)c1. The molecule has 0 fully saturated rings. The van der Waals surface area contributed by atoms with Crippen LogP contribution in [-0.4, -0.2) is 15.0 Å². The third kappa shape index (κ3) is 1.68. The molecule has 0 spiro atoms. The fourth-order valence-electron chi connectivity index (χ4n) is 1.69. The van der Waals surface area contributed by atoms with Gasteiger partial charge < -0.3 is 0 Å². The van der Waals surface area contributed by atoms with Crippen molar-refractivity contribution in [1.29, 1.82) is 5.26 Å². The number of hydrogen-bond acceptors (Lipinski definition) is 3. The van der Waals surface area contributed by atoms with E-state index in [1.807, 2.05) is 38.1 Å². The molecular formula is C12H12N4. The fraction of sp³-hybridized carbons (Fsp3) is 0.250. The summed E-state index contributed by atoms with van der Waals surface area (Å²) in [6.07, 6.45) is 0. The van der Waals surface area contributed by atoms with Gasteiger partial charge in [-0.1, -0.05) is 29.0 Å². The van der Waals surface area contributed by atoms with Crippen LogP contribution in [-0.2, 0) is 6.54 Å². The van der Waals surface area contributed by atoms with Crippen LogP contribution in [0.1, 0.15) is 18.2 Å². The summed E-state index contributed by atoms with van der Waals surface area (Å²) in [6.45, 7) is 4.71. The minimum absolute atomic E-state index is 0.382. The highest BCUT2D eigenvalue weighted by Crippen LogP contribution is 2.22. The van der Waals surface area contributed by atoms with Gasteiger partial charge in [0, 0.05) is 12.1 Å². The van der Waals surface area contributed by atoms with Crippen LogP contribution in [0, 0.1) is 18.3 Å². The summed E-state index contributed by atoms with van der Waals surface area (Å²) in [5.74, 6) is 0. The van der Waals surface area contributed by atoms with Crippen LogP contribution < -0.4 is 0 Å². The first kappa shape index (κ1) is 10.4. The molecule has 0 aliphatic carbocycles. The van der Waals surface area contributed by atoms with Crippen molar-refractivity contribution in [3.05, 3.63) is 35.5 Å². The first-order valence-electron chi connectivity index (χ1n) is 5.17. The van der Waals surface area contributed by atoms with Crippen molar-refractivity contribution < 1.29 is 0 Å². The molecule has 1 aromatic heterocycles. The molecule has 80 valence electrons. The third-order valence-electron chi connectivity index (χ3n) is 2.43. The number of aromatic nitrogens is 3. The molecule has 2 aromatic rings. The third-order valence-corrected chi connectivity index (χ3v) is 2.43. The Morgan fingerprint density at radius 2 is 2.25 bits per heavy atom. The maximum atomic E-state index is 8.99. The standard InChI is InChI=1S/C12H12N4/c1-3-16-12(11(8-13)14-15-16)10-6-4-5-9(2)7-10/h4-7H,3H2,1-2H3. The number of nitrogens with zero attached hydrogens (tertiary/aromatic N) is 4. The second-order valence-corrected chi connectivity index (χ2v) is 3.58. The van der Waals surface area contributed by atoms with Gasteiger partial charge in [0.25, 0.3) is 0 Å². The highest BCUT2D eigenvalue weighted by Gasteiger charge is 2.13. The minimum atomic E-state index is 0.382. The molecule has 0 aliphatic heterocycles. The van der Waals surface area contributed by atoms with Crippen molar-refractivity contribution in [3.63, 3.8) is 0 Å². The Bertz CT molecular complexity index is 548. The molecule has 0 saturated heterocycles. The van der Waals surface area contributed by atoms with Gasteiger partial charge in [0.15, 0.2) is 5.69 Å². The van der Waals surface area contributed by atoms with E-state index in [4.69, 9.17) is 5.26 Å². The van der Waals surface area contributed by atoms with Gasteiger partial charge in [-0.05, 0) is 19.9 Å². The molecule has 0 radical (unpaired) electrons. The summed E-state index contributed by atoms with van der Waals surface area (Å²) in [6, 6.07) is 10.1. The van der Waals surface area contributed by atoms with E-state index in [1.54, 1.807) is 4.68 Å². The number of nitriles is 1. The van der Waals surface area contributed by atoms with Gasteiger partial charge in [-0.25, -0.2) is 4.68 Å². The second-order valence-electron chi connectivity index (χ2n) is 3.58. The Labute approximate surface area is 94.1 Å². The average molecular weight is 212 g/mol. The normalized spacial score (nSPS) is 10.1. The average Bonchev–Trinajstić information content (AvgIpc) is 2.71. The molecule has 1 heterocycles. The molecule has 0 unspecified atom stereocenters. The summed E-state index contributed by atoms with van der Waals surface area (Å²) in [7, 11) is 0. The van der Waals surface area contributed by atoms with E-state index in [0.717, 1.165) is 16.8 Å². The van der Waals surface area contributed by atoms with Gasteiger partial charge >= 0.3 is 0 Å². The highest BCUT2D eigenvalue weighted by molar-refractivity contribution is 5.65. The Morgan fingerprint density at radius 1 is 1.44 bits per heavy atom. The van der Waals surface area contributed by atoms with Crippen LogP contribution in [0.3, 0.4) is 0 Å². The Kier molecular flexibility index (Phi) is 2.69. The lowest BCUT2D eigenvalue weighted by molar-refractivity contribution is 0.632. The molecule has 0 saturated carbocycles. The van der Waals surface area contributed by atoms with E-state index in [9.17, 15) is 0 Å². The number of rotatable bonds is 2. The number of benzene rings is 1. The molecular weight excluding hydrogens is 200 g/mol. The van der Waals surface area contributed by atoms with Gasteiger partial charge in [-0.2, -0.15) is 5.26 Å². The molecule has 0 atom stereocenters. The second kappa shape index (κ2) is 4.15. The Balaban J connectivity index is 2.63. The van der Waals surface area contributed by atoms with Crippen molar-refractivity contribution in [2.24, 2.45) is 0 Å². The van der Waals surface area contributed by atoms with Gasteiger partial charge in [0.05, 0.1) is 0 Å². The van der Waals surface area contributed by atoms with Crippen molar-refractivity contribution in [2.75, 3.05) is 0 Å². The van der Waals surface area contributed by atoms with E-state index in [0.29, 0.717) is 12.2 Å². The maximum Gasteiger partial charge on any atom is 0.190 e. The van der Waals surface area contributed by atoms with Crippen molar-refractivity contribution in [2.45, 2.75) is 20.4 Å². The smallest absolute Gasteiger partial charge is 0.190 e. The lowest BCUT2D eigenvalue weighted by Gasteiger charge is -2.04. The molecule has 0 amide bonds. The van der Waals surface area contributed by atoms with Crippen molar-refractivity contribution in [1.82, 2.24) is 15.0 Å². The van der Waals surface area contributed by atoms with Crippen LogP contribution in [0.5, 0.6) is 0 Å². The molecule has 4 heteroatoms. The maximum absolute atomic E-state index is 8.99. The number of hydrogen-bond donors (Lipinski definition) is 0. The molecule has 1 aromatic carbocycles. The summed E-state index contributed by atoms with van der Waals surface area (Å²) in [4.78, 5) is 0. The van der Waals surface area contributed by atoms with Crippen LogP contribution in [0.15, 0.2) is 24.3 Å². The Hall–Kier alpha value is -2.15. The predicted octanol–water partition coefficient (Wildman–Crippen LogP) is 2.15. The first-order chi connectivity index (χ1) is 7.76. The van der Waals surface area contributed by atoms with E-state index < -0.39 is 0 Å². The monoisotopic (exact) mass is 212 g/mol. The van der Waals surface area contributed by atoms with E-state index in [-0.39, 0.29) is 0 Å². The van der Waals surface area contributed by atoms with Crippen LogP contribution in [0.4, 0.5) is 0 Å². The summed E-state index contributed by atoms with van der Waals surface area (Å²) >= 11 is 0. The van der Waals surface area contributed by atoms with Crippen LogP contribution >= 0.6 is 0 Å².